The standard InChI is InChI=1S/C18H24N4O3S/c1-25-15-6-4-14(5-7-15)12-18-16-13-22(11-8-17(16)19-20-18)26(23,24)21-9-2-3-10-21/h4-7H,2-3,8-13H2,1H3,(H,19,20). The van der Waals surface area contributed by atoms with Crippen molar-refractivity contribution in [2.75, 3.05) is 26.7 Å². The zero-order valence-corrected chi connectivity index (χ0v) is 15.8. The molecular weight excluding hydrogens is 352 g/mol. The number of aromatic amines is 1. The van der Waals surface area contributed by atoms with Crippen molar-refractivity contribution in [2.24, 2.45) is 0 Å². The van der Waals surface area contributed by atoms with Crippen LogP contribution >= 0.6 is 0 Å². The Morgan fingerprint density at radius 2 is 1.85 bits per heavy atom. The molecule has 1 fully saturated rings. The van der Waals surface area contributed by atoms with E-state index in [0.717, 1.165) is 41.1 Å². The van der Waals surface area contributed by atoms with E-state index in [1.807, 2.05) is 24.3 Å². The Morgan fingerprint density at radius 1 is 1.12 bits per heavy atom. The van der Waals surface area contributed by atoms with Crippen LogP contribution in [0.3, 0.4) is 0 Å². The molecule has 8 heteroatoms. The summed E-state index contributed by atoms with van der Waals surface area (Å²) in [6.45, 7) is 2.18. The summed E-state index contributed by atoms with van der Waals surface area (Å²) in [5.41, 5.74) is 4.13. The van der Waals surface area contributed by atoms with E-state index in [2.05, 4.69) is 10.2 Å². The highest BCUT2D eigenvalue weighted by atomic mass is 32.2. The summed E-state index contributed by atoms with van der Waals surface area (Å²) in [5, 5.41) is 7.56. The number of hydrogen-bond acceptors (Lipinski definition) is 4. The molecule has 2 aliphatic heterocycles. The molecule has 0 radical (unpaired) electrons. The first kappa shape index (κ1) is 17.5. The monoisotopic (exact) mass is 376 g/mol. The quantitative estimate of drug-likeness (QED) is 0.862. The minimum atomic E-state index is -3.37. The second kappa shape index (κ2) is 7.02. The van der Waals surface area contributed by atoms with Crippen LogP contribution in [0.5, 0.6) is 5.75 Å². The predicted molar refractivity (Wildman–Crippen MR) is 98.2 cm³/mol. The van der Waals surface area contributed by atoms with Gasteiger partial charge in [0.2, 0.25) is 0 Å². The van der Waals surface area contributed by atoms with E-state index < -0.39 is 10.2 Å². The van der Waals surface area contributed by atoms with Gasteiger partial charge in [-0.2, -0.15) is 22.1 Å². The van der Waals surface area contributed by atoms with Gasteiger partial charge < -0.3 is 4.74 Å². The topological polar surface area (TPSA) is 78.5 Å². The molecule has 26 heavy (non-hydrogen) atoms. The minimum absolute atomic E-state index is 0.399. The zero-order chi connectivity index (χ0) is 18.1. The number of rotatable bonds is 5. The number of aromatic nitrogens is 2. The van der Waals surface area contributed by atoms with E-state index in [9.17, 15) is 8.42 Å². The van der Waals surface area contributed by atoms with Crippen LogP contribution in [0.2, 0.25) is 0 Å². The lowest BCUT2D eigenvalue weighted by Gasteiger charge is -2.30. The van der Waals surface area contributed by atoms with Gasteiger partial charge in [-0.15, -0.1) is 0 Å². The molecule has 0 saturated carbocycles. The maximum Gasteiger partial charge on any atom is 0.282 e. The summed E-state index contributed by atoms with van der Waals surface area (Å²) in [6, 6.07) is 7.89. The van der Waals surface area contributed by atoms with E-state index in [-0.39, 0.29) is 0 Å². The maximum absolute atomic E-state index is 12.9. The summed E-state index contributed by atoms with van der Waals surface area (Å²) in [5.74, 6) is 0.820. The van der Waals surface area contributed by atoms with Gasteiger partial charge in [0.1, 0.15) is 5.75 Å². The molecule has 2 aromatic rings. The Kier molecular flexibility index (Phi) is 4.73. The van der Waals surface area contributed by atoms with E-state index in [4.69, 9.17) is 4.74 Å². The zero-order valence-electron chi connectivity index (χ0n) is 14.9. The summed E-state index contributed by atoms with van der Waals surface area (Å²) in [7, 11) is -1.73. The van der Waals surface area contributed by atoms with Crippen molar-refractivity contribution in [3.63, 3.8) is 0 Å². The molecule has 0 unspecified atom stereocenters. The van der Waals surface area contributed by atoms with Gasteiger partial charge in [-0.05, 0) is 30.5 Å². The molecule has 140 valence electrons. The maximum atomic E-state index is 12.9. The van der Waals surface area contributed by atoms with Crippen LogP contribution in [-0.4, -0.2) is 54.0 Å². The first-order chi connectivity index (χ1) is 12.6. The lowest BCUT2D eigenvalue weighted by atomic mass is 10.0. The smallest absolute Gasteiger partial charge is 0.282 e. The molecule has 1 saturated heterocycles. The molecule has 1 aromatic carbocycles. The first-order valence-electron chi connectivity index (χ1n) is 9.01. The Bertz CT molecular complexity index is 870. The Labute approximate surface area is 154 Å². The number of nitrogens with one attached hydrogen (secondary N) is 1. The van der Waals surface area contributed by atoms with Crippen molar-refractivity contribution in [3.05, 3.63) is 46.8 Å². The summed E-state index contributed by atoms with van der Waals surface area (Å²) >= 11 is 0. The number of nitrogens with zero attached hydrogens (tertiary/aromatic N) is 3. The number of fused-ring (bicyclic) bond motifs is 1. The number of ether oxygens (including phenoxy) is 1. The molecular formula is C18H24N4O3S. The van der Waals surface area contributed by atoms with Gasteiger partial charge in [0, 0.05) is 50.3 Å². The van der Waals surface area contributed by atoms with Crippen LogP contribution in [0.1, 0.15) is 35.4 Å². The highest BCUT2D eigenvalue weighted by Crippen LogP contribution is 2.27. The van der Waals surface area contributed by atoms with Gasteiger partial charge in [-0.1, -0.05) is 12.1 Å². The Morgan fingerprint density at radius 3 is 2.54 bits per heavy atom. The molecule has 4 rings (SSSR count). The first-order valence-corrected chi connectivity index (χ1v) is 10.4. The van der Waals surface area contributed by atoms with Gasteiger partial charge in [0.05, 0.1) is 12.8 Å². The van der Waals surface area contributed by atoms with Crippen LogP contribution in [-0.2, 0) is 29.6 Å². The average Bonchev–Trinajstić information content (AvgIpc) is 3.33. The second-order valence-corrected chi connectivity index (χ2v) is 8.78. The lowest BCUT2D eigenvalue weighted by molar-refractivity contribution is 0.344. The number of hydrogen-bond donors (Lipinski definition) is 1. The SMILES string of the molecule is COc1ccc(Cc2n[nH]c3c2CN(S(=O)(=O)N2CCCC2)CC3)cc1. The number of methoxy groups -OCH3 is 1. The van der Waals surface area contributed by atoms with Crippen LogP contribution in [0, 0.1) is 0 Å². The fraction of sp³-hybridized carbons (Fsp3) is 0.500. The van der Waals surface area contributed by atoms with Crippen molar-refractivity contribution < 1.29 is 13.2 Å². The molecule has 0 spiro atoms. The summed E-state index contributed by atoms with van der Waals surface area (Å²) in [4.78, 5) is 0. The molecule has 3 heterocycles. The van der Waals surface area contributed by atoms with Gasteiger partial charge in [0.25, 0.3) is 10.2 Å². The third-order valence-corrected chi connectivity index (χ3v) is 7.21. The van der Waals surface area contributed by atoms with Crippen molar-refractivity contribution >= 4 is 10.2 Å². The van der Waals surface area contributed by atoms with Crippen molar-refractivity contribution in [2.45, 2.75) is 32.2 Å². The second-order valence-electron chi connectivity index (χ2n) is 6.85. The van der Waals surface area contributed by atoms with Crippen molar-refractivity contribution in [1.29, 1.82) is 0 Å². The van der Waals surface area contributed by atoms with Gasteiger partial charge in [0.15, 0.2) is 0 Å². The molecule has 2 aliphatic rings. The van der Waals surface area contributed by atoms with Gasteiger partial charge in [-0.3, -0.25) is 5.10 Å². The minimum Gasteiger partial charge on any atom is -0.497 e. The van der Waals surface area contributed by atoms with E-state index in [1.165, 1.54) is 0 Å². The van der Waals surface area contributed by atoms with E-state index in [0.29, 0.717) is 39.0 Å². The van der Waals surface area contributed by atoms with Crippen molar-refractivity contribution in [1.82, 2.24) is 18.8 Å². The van der Waals surface area contributed by atoms with E-state index >= 15 is 0 Å². The average molecular weight is 376 g/mol. The van der Waals surface area contributed by atoms with Crippen molar-refractivity contribution in [3.8, 4) is 5.75 Å². The van der Waals surface area contributed by atoms with Crippen LogP contribution < -0.4 is 4.74 Å². The summed E-state index contributed by atoms with van der Waals surface area (Å²) < 4.78 is 34.1. The van der Waals surface area contributed by atoms with E-state index in [1.54, 1.807) is 15.7 Å². The molecule has 1 N–H and O–H groups in total. The van der Waals surface area contributed by atoms with Gasteiger partial charge in [-0.25, -0.2) is 0 Å². The number of H-pyrrole nitrogens is 1. The summed E-state index contributed by atoms with van der Waals surface area (Å²) in [6.07, 6.45) is 3.25. The molecule has 0 aliphatic carbocycles. The fourth-order valence-corrected chi connectivity index (χ4v) is 5.35. The van der Waals surface area contributed by atoms with Crippen LogP contribution in [0.4, 0.5) is 0 Å². The molecule has 0 atom stereocenters. The molecule has 1 aromatic heterocycles. The van der Waals surface area contributed by atoms with Crippen LogP contribution in [0.15, 0.2) is 24.3 Å². The largest absolute Gasteiger partial charge is 0.497 e. The molecule has 0 bridgehead atoms. The Hall–Kier alpha value is -1.90. The fourth-order valence-electron chi connectivity index (χ4n) is 3.69. The highest BCUT2D eigenvalue weighted by molar-refractivity contribution is 7.86. The third kappa shape index (κ3) is 3.24. The predicted octanol–water partition coefficient (Wildman–Crippen LogP) is 1.71. The Balaban J connectivity index is 1.54. The highest BCUT2D eigenvalue weighted by Gasteiger charge is 2.35. The third-order valence-electron chi connectivity index (χ3n) is 5.23. The number of benzene rings is 1. The molecule has 0 amide bonds. The normalized spacial score (nSPS) is 18.8. The molecule has 7 nitrogen and oxygen atoms in total. The lowest BCUT2D eigenvalue weighted by Crippen LogP contribution is -2.44. The van der Waals surface area contributed by atoms with Gasteiger partial charge >= 0.3 is 0 Å². The van der Waals surface area contributed by atoms with Crippen LogP contribution in [0.25, 0.3) is 0 Å².